The van der Waals surface area contributed by atoms with Gasteiger partial charge in [0.05, 0.1) is 36.5 Å². The smallest absolute Gasteiger partial charge is 0.433 e. The summed E-state index contributed by atoms with van der Waals surface area (Å²) in [6.45, 7) is 1.80. The van der Waals surface area contributed by atoms with Gasteiger partial charge in [0.25, 0.3) is 0 Å². The lowest BCUT2D eigenvalue weighted by Crippen LogP contribution is -2.58. The number of pyridine rings is 1. The number of aliphatic hydroxyl groups excluding tert-OH is 1. The molecule has 43 heavy (non-hydrogen) atoms. The minimum atomic E-state index is -4.59. The van der Waals surface area contributed by atoms with Crippen LogP contribution in [0.2, 0.25) is 0 Å². The van der Waals surface area contributed by atoms with Crippen molar-refractivity contribution in [3.05, 3.63) is 54.4 Å². The molecule has 6 rings (SSSR count). The summed E-state index contributed by atoms with van der Waals surface area (Å²) in [5, 5.41) is 27.0. The van der Waals surface area contributed by atoms with Crippen LogP contribution in [0.5, 0.6) is 5.88 Å². The third-order valence-electron chi connectivity index (χ3n) is 8.39. The quantitative estimate of drug-likeness (QED) is 0.235. The van der Waals surface area contributed by atoms with Gasteiger partial charge in [-0.2, -0.15) is 23.5 Å². The second-order valence-corrected chi connectivity index (χ2v) is 11.2. The predicted octanol–water partition coefficient (Wildman–Crippen LogP) is 3.63. The van der Waals surface area contributed by atoms with Crippen LogP contribution in [0.3, 0.4) is 0 Å². The van der Waals surface area contributed by atoms with Crippen molar-refractivity contribution in [3.8, 4) is 23.2 Å². The van der Waals surface area contributed by atoms with Gasteiger partial charge in [0, 0.05) is 61.6 Å². The van der Waals surface area contributed by atoms with Crippen LogP contribution < -0.4 is 10.1 Å². The number of H-pyrrole nitrogens is 1. The number of nitrogens with zero attached hydrogens (tertiary/aromatic N) is 7. The highest BCUT2D eigenvalue weighted by atomic mass is 19.4. The molecule has 11 nitrogen and oxygen atoms in total. The number of halogens is 3. The van der Waals surface area contributed by atoms with E-state index in [4.69, 9.17) is 9.84 Å². The number of rotatable bonds is 10. The van der Waals surface area contributed by atoms with Crippen molar-refractivity contribution in [1.29, 1.82) is 5.26 Å². The summed E-state index contributed by atoms with van der Waals surface area (Å²) in [6, 6.07) is 7.07. The molecule has 0 unspecified atom stereocenters. The fourth-order valence-electron chi connectivity index (χ4n) is 6.15. The predicted molar refractivity (Wildman–Crippen MR) is 150 cm³/mol. The zero-order valence-electron chi connectivity index (χ0n) is 23.4. The lowest BCUT2D eigenvalue weighted by molar-refractivity contribution is -0.141. The minimum absolute atomic E-state index is 0.0409. The number of nitrogens with one attached hydrogen (secondary N) is 2. The van der Waals surface area contributed by atoms with Crippen LogP contribution in [0, 0.1) is 11.3 Å². The number of hydrogen-bond donors (Lipinski definition) is 3. The minimum Gasteiger partial charge on any atom is -0.474 e. The number of hydrogen-bond acceptors (Lipinski definition) is 9. The highest BCUT2D eigenvalue weighted by Crippen LogP contribution is 2.45. The number of nitriles is 1. The number of fused-ring (bicyclic) bond motifs is 1. The highest BCUT2D eigenvalue weighted by molar-refractivity contribution is 5.90. The van der Waals surface area contributed by atoms with Crippen molar-refractivity contribution in [1.82, 2.24) is 39.9 Å². The Hall–Kier alpha value is -4.06. The first-order valence-corrected chi connectivity index (χ1v) is 14.3. The molecule has 0 atom stereocenters. The maximum absolute atomic E-state index is 13.5. The van der Waals surface area contributed by atoms with Crippen molar-refractivity contribution in [3.63, 3.8) is 0 Å². The lowest BCUT2D eigenvalue weighted by atomic mass is 9.69. The summed E-state index contributed by atoms with van der Waals surface area (Å²) in [4.78, 5) is 17.9. The Morgan fingerprint density at radius 3 is 2.77 bits per heavy atom. The summed E-state index contributed by atoms with van der Waals surface area (Å²) in [7, 11) is 0. The molecule has 1 saturated carbocycles. The van der Waals surface area contributed by atoms with Gasteiger partial charge in [-0.05, 0) is 43.4 Å². The molecule has 0 radical (unpaired) electrons. The highest BCUT2D eigenvalue weighted by Gasteiger charge is 2.49. The summed E-state index contributed by atoms with van der Waals surface area (Å²) < 4.78 is 48.2. The molecule has 1 aliphatic heterocycles. The summed E-state index contributed by atoms with van der Waals surface area (Å²) in [5.41, 5.74) is 1.39. The first-order valence-electron chi connectivity index (χ1n) is 14.3. The second kappa shape index (κ2) is 11.9. The van der Waals surface area contributed by atoms with Crippen LogP contribution >= 0.6 is 0 Å². The Labute approximate surface area is 245 Å². The van der Waals surface area contributed by atoms with E-state index in [0.717, 1.165) is 54.3 Å². The molecule has 5 heterocycles. The van der Waals surface area contributed by atoms with E-state index in [1.165, 1.54) is 12.4 Å². The monoisotopic (exact) mass is 595 g/mol. The number of likely N-dealkylation sites (tertiary alicyclic amines) is 1. The Morgan fingerprint density at radius 2 is 2.02 bits per heavy atom. The third kappa shape index (κ3) is 6.06. The average Bonchev–Trinajstić information content (AvgIpc) is 3.65. The van der Waals surface area contributed by atoms with E-state index in [1.54, 1.807) is 6.20 Å². The number of aromatic amines is 1. The van der Waals surface area contributed by atoms with E-state index in [1.807, 2.05) is 23.1 Å². The maximum Gasteiger partial charge on any atom is 0.433 e. The van der Waals surface area contributed by atoms with Gasteiger partial charge in [-0.15, -0.1) is 0 Å². The Balaban J connectivity index is 1.08. The molecule has 2 aliphatic rings. The van der Waals surface area contributed by atoms with Crippen molar-refractivity contribution >= 4 is 11.0 Å². The van der Waals surface area contributed by atoms with Gasteiger partial charge >= 0.3 is 6.18 Å². The van der Waals surface area contributed by atoms with Gasteiger partial charge in [0.1, 0.15) is 23.8 Å². The van der Waals surface area contributed by atoms with Crippen LogP contribution in [0.15, 0.2) is 43.1 Å². The first-order chi connectivity index (χ1) is 20.8. The molecule has 14 heteroatoms. The number of aromatic nitrogens is 6. The van der Waals surface area contributed by atoms with E-state index < -0.39 is 17.4 Å². The Morgan fingerprint density at radius 1 is 1.21 bits per heavy atom. The first kappa shape index (κ1) is 29.0. The topological polar surface area (TPSA) is 141 Å². The molecule has 0 aromatic carbocycles. The molecule has 3 N–H and O–H groups in total. The summed E-state index contributed by atoms with van der Waals surface area (Å²) >= 11 is 0. The van der Waals surface area contributed by atoms with Crippen molar-refractivity contribution in [2.75, 3.05) is 26.2 Å². The van der Waals surface area contributed by atoms with E-state index in [-0.39, 0.29) is 37.7 Å². The van der Waals surface area contributed by atoms with Gasteiger partial charge in [0.2, 0.25) is 5.88 Å². The van der Waals surface area contributed by atoms with E-state index in [9.17, 15) is 18.4 Å². The summed E-state index contributed by atoms with van der Waals surface area (Å²) in [5.74, 6) is -0.0409. The molecular weight excluding hydrogens is 563 g/mol. The van der Waals surface area contributed by atoms with Crippen molar-refractivity contribution in [2.24, 2.45) is 0 Å². The van der Waals surface area contributed by atoms with Crippen LogP contribution in [-0.4, -0.2) is 78.1 Å². The van der Waals surface area contributed by atoms with E-state index in [2.05, 4.69) is 41.3 Å². The molecule has 4 aromatic rings. The van der Waals surface area contributed by atoms with Gasteiger partial charge < -0.3 is 20.1 Å². The molecule has 0 spiro atoms. The van der Waals surface area contributed by atoms with Gasteiger partial charge in [0.15, 0.2) is 0 Å². The summed E-state index contributed by atoms with van der Waals surface area (Å²) in [6.07, 6.45) is 5.43. The van der Waals surface area contributed by atoms with Crippen LogP contribution in [0.4, 0.5) is 13.2 Å². The fourth-order valence-corrected chi connectivity index (χ4v) is 6.15. The van der Waals surface area contributed by atoms with E-state index >= 15 is 0 Å². The SMILES string of the molecule is N#CC[C@]1(n2cc(-c3ncnc4[nH]ccc34)cn2)C[C@@H](N2CCC(Oc3cc(CNCCO)cc(C(F)(F)F)n3)CC2)C1. The largest absolute Gasteiger partial charge is 0.474 e. The molecule has 0 amide bonds. The van der Waals surface area contributed by atoms with Gasteiger partial charge in [-0.3, -0.25) is 9.58 Å². The van der Waals surface area contributed by atoms with Crippen LogP contribution in [0.25, 0.3) is 22.3 Å². The molecule has 4 aromatic heterocycles. The standard InChI is InChI=1S/C29H32F3N9O2/c30-29(31,32)24-11-19(15-34-7-10-42)12-25(39-24)43-22-2-8-40(9-3-22)21-13-28(14-21,4-5-33)41-17-20(16-38-41)26-23-1-6-35-27(23)37-18-36-26/h1,6,11-12,16-18,21-22,34,42H,2-4,7-10,13-15H2,(H,35,36,37)/t21-,28+. The van der Waals surface area contributed by atoms with Crippen molar-refractivity contribution < 1.29 is 23.0 Å². The molecular formula is C29H32F3N9O2. The third-order valence-corrected chi connectivity index (χ3v) is 8.39. The lowest BCUT2D eigenvalue weighted by Gasteiger charge is -2.52. The second-order valence-electron chi connectivity index (χ2n) is 11.2. The molecule has 1 saturated heterocycles. The zero-order chi connectivity index (χ0) is 30.0. The number of piperidine rings is 1. The maximum atomic E-state index is 13.5. The van der Waals surface area contributed by atoms with Gasteiger partial charge in [-0.25, -0.2) is 15.0 Å². The van der Waals surface area contributed by atoms with Crippen LogP contribution in [-0.2, 0) is 18.3 Å². The number of aliphatic hydroxyl groups is 1. The number of ether oxygens (including phenoxy) is 1. The Bertz CT molecular complexity index is 1600. The zero-order valence-corrected chi connectivity index (χ0v) is 23.4. The van der Waals surface area contributed by atoms with E-state index in [0.29, 0.717) is 24.8 Å². The fraction of sp³-hybridized carbons (Fsp3) is 0.483. The number of alkyl halides is 3. The van der Waals surface area contributed by atoms with Gasteiger partial charge in [-0.1, -0.05) is 0 Å². The average molecular weight is 596 g/mol. The Kier molecular flexibility index (Phi) is 8.04. The molecule has 0 bridgehead atoms. The van der Waals surface area contributed by atoms with Crippen LogP contribution in [0.1, 0.15) is 43.4 Å². The molecule has 2 fully saturated rings. The molecule has 226 valence electrons. The normalized spacial score (nSPS) is 21.5. The van der Waals surface area contributed by atoms with Crippen molar-refractivity contribution in [2.45, 2.75) is 62.5 Å². The molecule has 1 aliphatic carbocycles.